The molecule has 0 saturated heterocycles. The van der Waals surface area contributed by atoms with Crippen LogP contribution >= 0.6 is 0 Å². The molecule has 0 aliphatic carbocycles. The molecule has 52 valence electrons. The van der Waals surface area contributed by atoms with Crippen molar-refractivity contribution in [2.24, 2.45) is 0 Å². The molecule has 0 fully saturated rings. The van der Waals surface area contributed by atoms with Crippen molar-refractivity contribution in [3.63, 3.8) is 0 Å². The summed E-state index contributed by atoms with van der Waals surface area (Å²) in [4.78, 5) is 3.89. The molecule has 10 heavy (non-hydrogen) atoms. The van der Waals surface area contributed by atoms with E-state index in [1.807, 2.05) is 0 Å². The molecule has 1 rings (SSSR count). The molecule has 0 aliphatic heterocycles. The van der Waals surface area contributed by atoms with Crippen LogP contribution in [0.15, 0.2) is 12.3 Å². The van der Waals surface area contributed by atoms with Crippen LogP contribution in [0.1, 0.15) is 26.3 Å². The van der Waals surface area contributed by atoms with Crippen LogP contribution < -0.4 is 0 Å². The SMILES string of the molecule is CC(C)(C)c1[c]c[c]nc1. The molecule has 1 heterocycles. The highest BCUT2D eigenvalue weighted by atomic mass is 14.6. The molecule has 0 saturated carbocycles. The van der Waals surface area contributed by atoms with Crippen LogP contribution in [0.2, 0.25) is 0 Å². The maximum absolute atomic E-state index is 3.89. The maximum Gasteiger partial charge on any atom is 0.0892 e. The molecule has 1 aromatic heterocycles. The minimum atomic E-state index is 0.155. The molecule has 0 atom stereocenters. The minimum Gasteiger partial charge on any atom is -0.254 e. The van der Waals surface area contributed by atoms with Gasteiger partial charge in [0.15, 0.2) is 0 Å². The average molecular weight is 133 g/mol. The highest BCUT2D eigenvalue weighted by Crippen LogP contribution is 2.19. The smallest absolute Gasteiger partial charge is 0.0892 e. The predicted octanol–water partition coefficient (Wildman–Crippen LogP) is 1.98. The molecule has 0 bridgehead atoms. The van der Waals surface area contributed by atoms with E-state index in [1.54, 1.807) is 12.3 Å². The van der Waals surface area contributed by atoms with Crippen LogP contribution in [0.4, 0.5) is 0 Å². The second kappa shape index (κ2) is 2.41. The lowest BCUT2D eigenvalue weighted by Crippen LogP contribution is -2.10. The van der Waals surface area contributed by atoms with Gasteiger partial charge < -0.3 is 0 Å². The quantitative estimate of drug-likeness (QED) is 0.527. The third-order valence-corrected chi connectivity index (χ3v) is 1.37. The molecule has 0 amide bonds. The lowest BCUT2D eigenvalue weighted by Gasteiger charge is -2.16. The standard InChI is InChI=1S/C9H11N/c1-9(2,3)8-5-4-6-10-7-8/h4,7H,1-3H3. The predicted molar refractivity (Wildman–Crippen MR) is 40.6 cm³/mol. The van der Waals surface area contributed by atoms with Crippen molar-refractivity contribution in [1.82, 2.24) is 4.98 Å². The molecule has 0 unspecified atom stereocenters. The first-order chi connectivity index (χ1) is 4.61. The highest BCUT2D eigenvalue weighted by molar-refractivity contribution is 5.15. The van der Waals surface area contributed by atoms with Crippen LogP contribution in [-0.4, -0.2) is 4.98 Å². The third-order valence-electron chi connectivity index (χ3n) is 1.37. The molecular weight excluding hydrogens is 122 g/mol. The summed E-state index contributed by atoms with van der Waals surface area (Å²) in [5.74, 6) is 0. The van der Waals surface area contributed by atoms with Crippen LogP contribution in [0.25, 0.3) is 0 Å². The summed E-state index contributed by atoms with van der Waals surface area (Å²) >= 11 is 0. The van der Waals surface area contributed by atoms with Gasteiger partial charge in [0.05, 0.1) is 6.20 Å². The van der Waals surface area contributed by atoms with Gasteiger partial charge >= 0.3 is 0 Å². The van der Waals surface area contributed by atoms with Crippen molar-refractivity contribution in [2.45, 2.75) is 26.2 Å². The Morgan fingerprint density at radius 1 is 1.40 bits per heavy atom. The Morgan fingerprint density at radius 3 is 2.40 bits per heavy atom. The Balaban J connectivity index is 2.97. The number of pyridine rings is 1. The zero-order valence-corrected chi connectivity index (χ0v) is 6.60. The van der Waals surface area contributed by atoms with Gasteiger partial charge in [-0.3, -0.25) is 4.98 Å². The van der Waals surface area contributed by atoms with E-state index in [4.69, 9.17) is 0 Å². The first kappa shape index (κ1) is 7.26. The summed E-state index contributed by atoms with van der Waals surface area (Å²) in [5.41, 5.74) is 1.29. The molecule has 0 aromatic carbocycles. The van der Waals surface area contributed by atoms with Gasteiger partial charge in [-0.05, 0) is 23.1 Å². The van der Waals surface area contributed by atoms with E-state index in [1.165, 1.54) is 0 Å². The first-order valence-corrected chi connectivity index (χ1v) is 3.35. The molecule has 1 aromatic rings. The second-order valence-corrected chi connectivity index (χ2v) is 3.34. The van der Waals surface area contributed by atoms with Gasteiger partial charge in [-0.25, -0.2) is 0 Å². The van der Waals surface area contributed by atoms with Gasteiger partial charge in [0.1, 0.15) is 0 Å². The number of rotatable bonds is 0. The summed E-state index contributed by atoms with van der Waals surface area (Å²) in [6.07, 6.45) is 4.50. The Hall–Kier alpha value is -0.850. The minimum absolute atomic E-state index is 0.155. The Kier molecular flexibility index (Phi) is 1.75. The van der Waals surface area contributed by atoms with Crippen LogP contribution in [-0.2, 0) is 5.41 Å². The summed E-state index contributed by atoms with van der Waals surface area (Å²) < 4.78 is 0. The topological polar surface area (TPSA) is 12.9 Å². The lowest BCUT2D eigenvalue weighted by atomic mass is 9.88. The fourth-order valence-electron chi connectivity index (χ4n) is 0.697. The molecule has 0 N–H and O–H groups in total. The highest BCUT2D eigenvalue weighted by Gasteiger charge is 2.12. The van der Waals surface area contributed by atoms with Gasteiger partial charge in [-0.1, -0.05) is 20.8 Å². The van der Waals surface area contributed by atoms with Gasteiger partial charge in [-0.2, -0.15) is 0 Å². The van der Waals surface area contributed by atoms with E-state index < -0.39 is 0 Å². The first-order valence-electron chi connectivity index (χ1n) is 3.35. The van der Waals surface area contributed by atoms with E-state index in [0.717, 1.165) is 5.56 Å². The van der Waals surface area contributed by atoms with E-state index in [9.17, 15) is 0 Å². The zero-order valence-electron chi connectivity index (χ0n) is 6.60. The van der Waals surface area contributed by atoms with Gasteiger partial charge in [0.25, 0.3) is 0 Å². The van der Waals surface area contributed by atoms with E-state index in [-0.39, 0.29) is 5.41 Å². The molecule has 0 spiro atoms. The molecule has 1 heteroatoms. The normalized spacial score (nSPS) is 11.5. The van der Waals surface area contributed by atoms with Crippen molar-refractivity contribution in [3.8, 4) is 0 Å². The van der Waals surface area contributed by atoms with Crippen molar-refractivity contribution in [1.29, 1.82) is 0 Å². The fraction of sp³-hybridized carbons (Fsp3) is 0.444. The average Bonchev–Trinajstić information content (AvgIpc) is 1.88. The molecule has 1 nitrogen and oxygen atoms in total. The Morgan fingerprint density at radius 2 is 2.10 bits per heavy atom. The largest absolute Gasteiger partial charge is 0.254 e. The third kappa shape index (κ3) is 1.56. The van der Waals surface area contributed by atoms with Gasteiger partial charge in [0, 0.05) is 6.20 Å². The van der Waals surface area contributed by atoms with Crippen LogP contribution in [0.5, 0.6) is 0 Å². The zero-order chi connectivity index (χ0) is 7.61. The summed E-state index contributed by atoms with van der Waals surface area (Å²) in [6, 6.07) is 4.81. The van der Waals surface area contributed by atoms with E-state index in [0.29, 0.717) is 0 Å². The van der Waals surface area contributed by atoms with Crippen LogP contribution in [0, 0.1) is 12.3 Å². The lowest BCUT2D eigenvalue weighted by molar-refractivity contribution is 0.586. The number of hydrogen-bond donors (Lipinski definition) is 0. The number of hydrogen-bond acceptors (Lipinski definition) is 1. The van der Waals surface area contributed by atoms with Crippen molar-refractivity contribution < 1.29 is 0 Å². The summed E-state index contributed by atoms with van der Waals surface area (Å²) in [6.45, 7) is 6.42. The fourth-order valence-corrected chi connectivity index (χ4v) is 0.697. The van der Waals surface area contributed by atoms with Crippen molar-refractivity contribution in [2.75, 3.05) is 0 Å². The Bertz CT molecular complexity index is 196. The van der Waals surface area contributed by atoms with Crippen LogP contribution in [0.3, 0.4) is 0 Å². The van der Waals surface area contributed by atoms with E-state index >= 15 is 0 Å². The van der Waals surface area contributed by atoms with Gasteiger partial charge in [0.2, 0.25) is 0 Å². The Labute approximate surface area is 62.1 Å². The van der Waals surface area contributed by atoms with Gasteiger partial charge in [-0.15, -0.1) is 0 Å². The van der Waals surface area contributed by atoms with Crippen molar-refractivity contribution in [3.05, 3.63) is 30.1 Å². The maximum atomic E-state index is 3.89. The monoisotopic (exact) mass is 133 g/mol. The molecule has 2 radical (unpaired) electrons. The van der Waals surface area contributed by atoms with Crippen molar-refractivity contribution >= 4 is 0 Å². The van der Waals surface area contributed by atoms with E-state index in [2.05, 4.69) is 38.0 Å². The second-order valence-electron chi connectivity index (χ2n) is 3.34. The molecular formula is C9H11N. The summed E-state index contributed by atoms with van der Waals surface area (Å²) in [5, 5.41) is 0. The number of aromatic nitrogens is 1. The summed E-state index contributed by atoms with van der Waals surface area (Å²) in [7, 11) is 0. The number of nitrogens with zero attached hydrogens (tertiary/aromatic N) is 1. The molecule has 0 aliphatic rings.